The molecule has 0 spiro atoms. The first-order valence-corrected chi connectivity index (χ1v) is 20.0. The fraction of sp³-hybridized carbons (Fsp3) is 0.372. The summed E-state index contributed by atoms with van der Waals surface area (Å²) in [7, 11) is 0. The normalized spacial score (nSPS) is 18.0. The van der Waals surface area contributed by atoms with Gasteiger partial charge in [-0.05, 0) is 73.6 Å². The topological polar surface area (TPSA) is 232 Å². The Morgan fingerprint density at radius 1 is 0.883 bits per heavy atom. The molecule has 7 rings (SSSR count). The average Bonchev–Trinajstić information content (AvgIpc) is 3.51. The molecule has 6 amide bonds. The van der Waals surface area contributed by atoms with Gasteiger partial charge in [0, 0.05) is 36.9 Å². The highest BCUT2D eigenvalue weighted by atomic mass is 16.5. The van der Waals surface area contributed by atoms with E-state index in [9.17, 15) is 33.9 Å². The predicted molar refractivity (Wildman–Crippen MR) is 217 cm³/mol. The van der Waals surface area contributed by atoms with Crippen LogP contribution in [-0.2, 0) is 23.9 Å². The number of carbonyl (C=O) groups excluding carboxylic acids is 6. The summed E-state index contributed by atoms with van der Waals surface area (Å²) in [4.78, 5) is 83.6. The first-order valence-electron chi connectivity index (χ1n) is 20.0. The van der Waals surface area contributed by atoms with Crippen LogP contribution in [0.2, 0.25) is 0 Å². The van der Waals surface area contributed by atoms with Gasteiger partial charge >= 0.3 is 0 Å². The number of nitrogens with two attached hydrogens (primary N) is 1. The minimum absolute atomic E-state index is 0.0195. The Kier molecular flexibility index (Phi) is 13.3. The summed E-state index contributed by atoms with van der Waals surface area (Å²) in [6, 6.07) is 19.0. The number of nitrogens with one attached hydrogen (secondary N) is 3. The van der Waals surface area contributed by atoms with E-state index in [1.807, 2.05) is 41.3 Å². The lowest BCUT2D eigenvalue weighted by atomic mass is 9.88. The van der Waals surface area contributed by atoms with Gasteiger partial charge in [-0.25, -0.2) is 0 Å². The fourth-order valence-electron chi connectivity index (χ4n) is 7.71. The van der Waals surface area contributed by atoms with E-state index in [1.165, 1.54) is 24.4 Å². The van der Waals surface area contributed by atoms with Gasteiger partial charge < -0.3 is 45.9 Å². The second-order valence-corrected chi connectivity index (χ2v) is 14.7. The number of hydrogen-bond acceptors (Lipinski definition) is 12. The van der Waals surface area contributed by atoms with Crippen LogP contribution in [0.5, 0.6) is 5.75 Å². The van der Waals surface area contributed by atoms with Crippen molar-refractivity contribution in [3.05, 3.63) is 95.2 Å². The fourth-order valence-corrected chi connectivity index (χ4v) is 7.71. The van der Waals surface area contributed by atoms with Gasteiger partial charge in [-0.1, -0.05) is 30.3 Å². The zero-order valence-corrected chi connectivity index (χ0v) is 32.9. The second-order valence-electron chi connectivity index (χ2n) is 14.7. The maximum Gasteiger partial charge on any atom is 0.266 e. The Morgan fingerprint density at radius 3 is 2.40 bits per heavy atom. The Bertz CT molecular complexity index is 2260. The van der Waals surface area contributed by atoms with Crippen LogP contribution >= 0.6 is 0 Å². The summed E-state index contributed by atoms with van der Waals surface area (Å²) >= 11 is 0. The molecule has 0 bridgehead atoms. The Labute approximate surface area is 345 Å². The Hall–Kier alpha value is -6.43. The largest absolute Gasteiger partial charge is 0.483 e. The summed E-state index contributed by atoms with van der Waals surface area (Å²) in [6.07, 6.45) is 2.62. The summed E-state index contributed by atoms with van der Waals surface area (Å²) in [6.45, 7) is 1.99. The molecule has 3 aromatic carbocycles. The van der Waals surface area contributed by atoms with Crippen molar-refractivity contribution < 1.29 is 48.1 Å². The molecular weight excluding hydrogens is 775 g/mol. The number of imide groups is 1. The van der Waals surface area contributed by atoms with Gasteiger partial charge in [0.1, 0.15) is 18.0 Å². The number of likely N-dealkylation sites (tertiary alicyclic amines) is 1. The number of pyridine rings is 1. The molecule has 2 fully saturated rings. The van der Waals surface area contributed by atoms with Gasteiger partial charge in [-0.3, -0.25) is 38.7 Å². The number of nitrogens with zero attached hydrogens (tertiary/aromatic N) is 3. The third-order valence-electron chi connectivity index (χ3n) is 10.8. The van der Waals surface area contributed by atoms with Crippen molar-refractivity contribution in [2.75, 3.05) is 58.0 Å². The average molecular weight is 822 g/mol. The van der Waals surface area contributed by atoms with Gasteiger partial charge in [0.25, 0.3) is 23.6 Å². The van der Waals surface area contributed by atoms with Crippen LogP contribution < -0.4 is 26.4 Å². The minimum atomic E-state index is -1.05. The van der Waals surface area contributed by atoms with Crippen LogP contribution in [0.4, 0.5) is 11.4 Å². The molecule has 0 aliphatic carbocycles. The molecular formula is C43H47N7O10. The monoisotopic (exact) mass is 821 g/mol. The standard InChI is InChI=1S/C43H47N7O10/c44-40(54)31-24-46-32-10-9-27(23-30(32)39(31)47-28-5-2-1-3-6-28)26-13-17-49(18-14-26)37(53)15-19-58-21-22-59-20-16-45-36(52)25-60-34-8-4-7-29-38(34)43(57)50(42(29)56)33-11-12-35(51)48-41(33)55/h1-10,23-24,26,33,35,51H,11-22,25H2,(H2,44,54)(H,45,52)(H,46,47)(H,48,55). The van der Waals surface area contributed by atoms with Crippen molar-refractivity contribution in [2.24, 2.45) is 5.73 Å². The van der Waals surface area contributed by atoms with E-state index in [1.54, 1.807) is 0 Å². The number of aromatic nitrogens is 1. The van der Waals surface area contributed by atoms with Crippen LogP contribution in [0, 0.1) is 0 Å². The molecule has 4 aromatic rings. The summed E-state index contributed by atoms with van der Waals surface area (Å²) in [5, 5.41) is 18.8. The first-order chi connectivity index (χ1) is 29.1. The number of benzene rings is 3. The van der Waals surface area contributed by atoms with Gasteiger partial charge in [-0.15, -0.1) is 0 Å². The molecule has 17 heteroatoms. The molecule has 0 radical (unpaired) electrons. The lowest BCUT2D eigenvalue weighted by molar-refractivity contribution is -0.133. The number of piperidine rings is 2. The zero-order valence-electron chi connectivity index (χ0n) is 32.9. The van der Waals surface area contributed by atoms with Crippen LogP contribution in [0.1, 0.15) is 74.7 Å². The third-order valence-corrected chi connectivity index (χ3v) is 10.8. The highest BCUT2D eigenvalue weighted by Gasteiger charge is 2.46. The molecule has 2 atom stereocenters. The van der Waals surface area contributed by atoms with Crippen molar-refractivity contribution in [1.82, 2.24) is 25.4 Å². The number of ether oxygens (including phenoxy) is 3. The van der Waals surface area contributed by atoms with Crippen LogP contribution in [0.25, 0.3) is 10.9 Å². The van der Waals surface area contributed by atoms with E-state index in [0.29, 0.717) is 24.3 Å². The Balaban J connectivity index is 0.774. The van der Waals surface area contributed by atoms with Crippen molar-refractivity contribution in [3.8, 4) is 5.75 Å². The molecule has 2 unspecified atom stereocenters. The first kappa shape index (κ1) is 41.7. The van der Waals surface area contributed by atoms with Crippen molar-refractivity contribution in [3.63, 3.8) is 0 Å². The van der Waals surface area contributed by atoms with E-state index < -0.39 is 48.4 Å². The smallest absolute Gasteiger partial charge is 0.266 e. The number of rotatable bonds is 17. The number of amides is 6. The van der Waals surface area contributed by atoms with Crippen molar-refractivity contribution >= 4 is 57.7 Å². The SMILES string of the molecule is NC(=O)c1cnc2ccc(C3CCN(C(=O)CCOCCOCCNC(=O)COc4cccc5c4C(=O)N(C4CCC(O)NC4=O)C5=O)CC3)cc2c1Nc1ccccc1. The molecule has 4 heterocycles. The molecule has 1 aromatic heterocycles. The Morgan fingerprint density at radius 2 is 1.65 bits per heavy atom. The lowest BCUT2D eigenvalue weighted by Gasteiger charge is -2.32. The number of hydrogen-bond donors (Lipinski definition) is 5. The second kappa shape index (κ2) is 19.1. The van der Waals surface area contributed by atoms with E-state index >= 15 is 0 Å². The van der Waals surface area contributed by atoms with Crippen LogP contribution in [0.3, 0.4) is 0 Å². The summed E-state index contributed by atoms with van der Waals surface area (Å²) in [5.74, 6) is -2.70. The summed E-state index contributed by atoms with van der Waals surface area (Å²) in [5.41, 5.74) is 9.38. The quantitative estimate of drug-likeness (QED) is 0.0765. The predicted octanol–water partition coefficient (Wildman–Crippen LogP) is 2.59. The molecule has 6 N–H and O–H groups in total. The number of anilines is 2. The molecule has 17 nitrogen and oxygen atoms in total. The van der Waals surface area contributed by atoms with Crippen LogP contribution in [0.15, 0.2) is 72.9 Å². The molecule has 60 heavy (non-hydrogen) atoms. The van der Waals surface area contributed by atoms with Crippen LogP contribution in [-0.4, -0.2) is 120 Å². The minimum Gasteiger partial charge on any atom is -0.483 e. The van der Waals surface area contributed by atoms with Gasteiger partial charge in [-0.2, -0.15) is 0 Å². The number of aliphatic hydroxyl groups excluding tert-OH is 1. The highest BCUT2D eigenvalue weighted by Crippen LogP contribution is 2.36. The third kappa shape index (κ3) is 9.54. The number of fused-ring (bicyclic) bond motifs is 2. The van der Waals surface area contributed by atoms with E-state index in [4.69, 9.17) is 19.9 Å². The molecule has 2 saturated heterocycles. The van der Waals surface area contributed by atoms with E-state index in [-0.39, 0.29) is 80.9 Å². The summed E-state index contributed by atoms with van der Waals surface area (Å²) < 4.78 is 16.8. The van der Waals surface area contributed by atoms with Gasteiger partial charge in [0.05, 0.1) is 60.7 Å². The number of para-hydroxylation sites is 1. The van der Waals surface area contributed by atoms with Crippen molar-refractivity contribution in [1.29, 1.82) is 0 Å². The van der Waals surface area contributed by atoms with Crippen molar-refractivity contribution in [2.45, 2.75) is 50.3 Å². The maximum absolute atomic E-state index is 13.2. The number of primary amides is 1. The highest BCUT2D eigenvalue weighted by molar-refractivity contribution is 6.24. The maximum atomic E-state index is 13.2. The molecule has 3 aliphatic rings. The number of carbonyl (C=O) groups is 6. The van der Waals surface area contributed by atoms with E-state index in [2.05, 4.69) is 33.1 Å². The lowest BCUT2D eigenvalue weighted by Crippen LogP contribution is -2.55. The number of aliphatic hydroxyl groups is 1. The zero-order chi connectivity index (χ0) is 42.2. The van der Waals surface area contributed by atoms with E-state index in [0.717, 1.165) is 39.9 Å². The van der Waals surface area contributed by atoms with Gasteiger partial charge in [0.15, 0.2) is 6.61 Å². The van der Waals surface area contributed by atoms with Gasteiger partial charge in [0.2, 0.25) is 11.8 Å². The molecule has 3 aliphatic heterocycles. The molecule has 314 valence electrons. The molecule has 0 saturated carbocycles.